The van der Waals surface area contributed by atoms with Crippen molar-refractivity contribution in [2.75, 3.05) is 25.1 Å². The summed E-state index contributed by atoms with van der Waals surface area (Å²) >= 11 is 7.45. The molecule has 3 rings (SSSR count). The number of aromatic nitrogens is 2. The number of nitrogens with zero attached hydrogens (tertiary/aromatic N) is 2. The summed E-state index contributed by atoms with van der Waals surface area (Å²) in [5.41, 5.74) is 0.821. The molecule has 0 aliphatic carbocycles. The molecule has 0 aromatic carbocycles. The minimum Gasteiger partial charge on any atom is -0.473 e. The van der Waals surface area contributed by atoms with E-state index in [9.17, 15) is 9.59 Å². The molecule has 2 aromatic rings. The first-order valence-corrected chi connectivity index (χ1v) is 10.1. The molecule has 0 unspecified atom stereocenters. The van der Waals surface area contributed by atoms with Crippen molar-refractivity contribution >= 4 is 39.9 Å². The highest BCUT2D eigenvalue weighted by Gasteiger charge is 2.19. The van der Waals surface area contributed by atoms with E-state index in [-0.39, 0.29) is 29.1 Å². The molecule has 0 saturated carbocycles. The van der Waals surface area contributed by atoms with E-state index in [0.29, 0.717) is 36.5 Å². The number of rotatable bonds is 7. The number of pyridine rings is 1. The third kappa shape index (κ3) is 5.63. The Hall–Kier alpha value is -2.23. The summed E-state index contributed by atoms with van der Waals surface area (Å²) < 4.78 is 16.0. The number of thiazole rings is 1. The second kappa shape index (κ2) is 9.81. The van der Waals surface area contributed by atoms with Gasteiger partial charge in [-0.1, -0.05) is 11.6 Å². The van der Waals surface area contributed by atoms with Gasteiger partial charge >= 0.3 is 5.97 Å². The van der Waals surface area contributed by atoms with Gasteiger partial charge in [-0.3, -0.25) is 14.9 Å². The zero-order chi connectivity index (χ0) is 19.9. The lowest BCUT2D eigenvalue weighted by atomic mass is 10.1. The zero-order valence-corrected chi connectivity index (χ0v) is 16.8. The summed E-state index contributed by atoms with van der Waals surface area (Å²) in [7, 11) is 0. The van der Waals surface area contributed by atoms with E-state index >= 15 is 0 Å². The first kappa shape index (κ1) is 20.5. The van der Waals surface area contributed by atoms with Crippen LogP contribution < -0.4 is 10.1 Å². The highest BCUT2D eigenvalue weighted by atomic mass is 35.5. The molecule has 3 heterocycles. The predicted molar refractivity (Wildman–Crippen MR) is 104 cm³/mol. The lowest BCUT2D eigenvalue weighted by Crippen LogP contribution is -2.26. The van der Waals surface area contributed by atoms with Crippen LogP contribution in [0, 0.1) is 0 Å². The first-order valence-electron chi connectivity index (χ1n) is 8.86. The van der Waals surface area contributed by atoms with Crippen LogP contribution in [0.4, 0.5) is 5.13 Å². The molecule has 0 radical (unpaired) electrons. The molecule has 150 valence electrons. The molecule has 2 aromatic heterocycles. The Bertz CT molecular complexity index is 838. The summed E-state index contributed by atoms with van der Waals surface area (Å²) in [5.74, 6) is -0.457. The predicted octanol–water partition coefficient (Wildman–Crippen LogP) is 3.11. The number of carbonyl (C=O) groups is 2. The largest absolute Gasteiger partial charge is 0.473 e. The van der Waals surface area contributed by atoms with Crippen molar-refractivity contribution < 1.29 is 23.8 Å². The average Bonchev–Trinajstić information content (AvgIpc) is 3.11. The van der Waals surface area contributed by atoms with Gasteiger partial charge < -0.3 is 14.2 Å². The number of hydrogen-bond acceptors (Lipinski definition) is 8. The molecule has 0 spiro atoms. The molecule has 1 amide bonds. The second-order valence-electron chi connectivity index (χ2n) is 6.02. The van der Waals surface area contributed by atoms with E-state index in [4.69, 9.17) is 25.8 Å². The van der Waals surface area contributed by atoms with Crippen LogP contribution in [0.3, 0.4) is 0 Å². The number of amides is 1. The van der Waals surface area contributed by atoms with Gasteiger partial charge in [-0.2, -0.15) is 0 Å². The van der Waals surface area contributed by atoms with Crippen LogP contribution in [-0.4, -0.2) is 47.8 Å². The number of nitrogens with one attached hydrogen (secondary N) is 1. The van der Waals surface area contributed by atoms with Gasteiger partial charge in [0.2, 0.25) is 5.88 Å². The lowest BCUT2D eigenvalue weighted by molar-refractivity contribution is -0.142. The number of hydrogen-bond donors (Lipinski definition) is 1. The SMILES string of the molecule is CCOC(=O)Cc1csc(NC(=O)c2cnc(OC3CCOCC3)c(Cl)c2)n1. The minimum absolute atomic E-state index is 0.00608. The average molecular weight is 426 g/mol. The fourth-order valence-corrected chi connectivity index (χ4v) is 3.48. The fourth-order valence-electron chi connectivity index (χ4n) is 2.56. The molecule has 10 heteroatoms. The van der Waals surface area contributed by atoms with Gasteiger partial charge in [0.05, 0.1) is 37.5 Å². The van der Waals surface area contributed by atoms with Gasteiger partial charge in [-0.05, 0) is 13.0 Å². The van der Waals surface area contributed by atoms with Crippen molar-refractivity contribution in [2.45, 2.75) is 32.3 Å². The zero-order valence-electron chi connectivity index (χ0n) is 15.3. The van der Waals surface area contributed by atoms with Crippen LogP contribution in [-0.2, 0) is 20.7 Å². The third-order valence-corrected chi connectivity index (χ3v) is 5.00. The molecule has 0 atom stereocenters. The van der Waals surface area contributed by atoms with Gasteiger partial charge in [0.1, 0.15) is 11.1 Å². The Morgan fingerprint density at radius 1 is 1.39 bits per heavy atom. The minimum atomic E-state index is -0.399. The normalized spacial score (nSPS) is 14.5. The lowest BCUT2D eigenvalue weighted by Gasteiger charge is -2.23. The summed E-state index contributed by atoms with van der Waals surface area (Å²) in [6.07, 6.45) is 3.03. The van der Waals surface area contributed by atoms with Crippen LogP contribution in [0.5, 0.6) is 5.88 Å². The van der Waals surface area contributed by atoms with Crippen molar-refractivity contribution in [3.05, 3.63) is 33.9 Å². The van der Waals surface area contributed by atoms with Gasteiger partial charge in [0, 0.05) is 24.4 Å². The molecule has 1 aliphatic rings. The van der Waals surface area contributed by atoms with Gasteiger partial charge in [0.15, 0.2) is 5.13 Å². The van der Waals surface area contributed by atoms with Gasteiger partial charge in [-0.25, -0.2) is 9.97 Å². The monoisotopic (exact) mass is 425 g/mol. The van der Waals surface area contributed by atoms with Crippen molar-refractivity contribution in [2.24, 2.45) is 0 Å². The molecule has 1 aliphatic heterocycles. The van der Waals surface area contributed by atoms with Crippen LogP contribution >= 0.6 is 22.9 Å². The summed E-state index contributed by atoms with van der Waals surface area (Å²) in [6, 6.07) is 1.51. The molecule has 1 N–H and O–H groups in total. The maximum Gasteiger partial charge on any atom is 0.311 e. The number of halogens is 1. The Morgan fingerprint density at radius 2 is 2.18 bits per heavy atom. The van der Waals surface area contributed by atoms with Gasteiger partial charge in [-0.15, -0.1) is 11.3 Å². The molecule has 28 heavy (non-hydrogen) atoms. The summed E-state index contributed by atoms with van der Waals surface area (Å²) in [5, 5.41) is 5.01. The van der Waals surface area contributed by atoms with Crippen LogP contribution in [0.2, 0.25) is 5.02 Å². The maximum absolute atomic E-state index is 12.4. The summed E-state index contributed by atoms with van der Waals surface area (Å²) in [6.45, 7) is 3.35. The highest BCUT2D eigenvalue weighted by Crippen LogP contribution is 2.26. The first-order chi connectivity index (χ1) is 13.5. The van der Waals surface area contributed by atoms with Crippen molar-refractivity contribution in [1.29, 1.82) is 0 Å². The molecule has 0 bridgehead atoms. The number of anilines is 1. The topological polar surface area (TPSA) is 99.6 Å². The van der Waals surface area contributed by atoms with E-state index in [1.807, 2.05) is 0 Å². The molecular weight excluding hydrogens is 406 g/mol. The number of ether oxygens (including phenoxy) is 3. The third-order valence-electron chi connectivity index (χ3n) is 3.92. The number of esters is 1. The highest BCUT2D eigenvalue weighted by molar-refractivity contribution is 7.14. The fraction of sp³-hybridized carbons (Fsp3) is 0.444. The van der Waals surface area contributed by atoms with Crippen LogP contribution in [0.15, 0.2) is 17.6 Å². The molecule has 1 fully saturated rings. The van der Waals surface area contributed by atoms with E-state index in [1.54, 1.807) is 12.3 Å². The van der Waals surface area contributed by atoms with Gasteiger partial charge in [0.25, 0.3) is 5.91 Å². The number of carbonyl (C=O) groups excluding carboxylic acids is 2. The molecular formula is C18H20ClN3O5S. The Kier molecular flexibility index (Phi) is 7.18. The van der Waals surface area contributed by atoms with Crippen LogP contribution in [0.25, 0.3) is 0 Å². The standard InChI is InChI=1S/C18H20ClN3O5S/c1-2-26-15(23)8-12-10-28-18(21-12)22-16(24)11-7-14(19)17(20-9-11)27-13-3-5-25-6-4-13/h7,9-10,13H,2-6,8H2,1H3,(H,21,22,24). The van der Waals surface area contributed by atoms with E-state index in [2.05, 4.69) is 15.3 Å². The van der Waals surface area contributed by atoms with E-state index in [0.717, 1.165) is 12.8 Å². The van der Waals surface area contributed by atoms with Crippen molar-refractivity contribution in [3.8, 4) is 5.88 Å². The maximum atomic E-state index is 12.4. The van der Waals surface area contributed by atoms with E-state index < -0.39 is 5.91 Å². The van der Waals surface area contributed by atoms with E-state index in [1.165, 1.54) is 23.6 Å². The quantitative estimate of drug-likeness (QED) is 0.680. The summed E-state index contributed by atoms with van der Waals surface area (Å²) in [4.78, 5) is 32.3. The molecule has 1 saturated heterocycles. The van der Waals surface area contributed by atoms with Crippen molar-refractivity contribution in [1.82, 2.24) is 9.97 Å². The molecule has 8 nitrogen and oxygen atoms in total. The van der Waals surface area contributed by atoms with Crippen molar-refractivity contribution in [3.63, 3.8) is 0 Å². The second-order valence-corrected chi connectivity index (χ2v) is 7.29. The Morgan fingerprint density at radius 3 is 2.89 bits per heavy atom. The smallest absolute Gasteiger partial charge is 0.311 e. The Balaban J connectivity index is 1.59. The Labute approximate surface area is 171 Å². The van der Waals surface area contributed by atoms with Crippen LogP contribution in [0.1, 0.15) is 35.8 Å².